The van der Waals surface area contributed by atoms with Gasteiger partial charge < -0.3 is 14.4 Å². The number of carbonyl (C=O) groups excluding carboxylic acids is 1. The molecule has 0 radical (unpaired) electrons. The van der Waals surface area contributed by atoms with Gasteiger partial charge in [0.2, 0.25) is 0 Å². The van der Waals surface area contributed by atoms with Crippen LogP contribution in [0.2, 0.25) is 10.0 Å². The summed E-state index contributed by atoms with van der Waals surface area (Å²) in [6.45, 7) is 2.55. The molecule has 1 amide bonds. The molecule has 6 heteroatoms. The highest BCUT2D eigenvalue weighted by molar-refractivity contribution is 6.42. The maximum atomic E-state index is 13.1. The van der Waals surface area contributed by atoms with E-state index in [0.29, 0.717) is 41.8 Å². The van der Waals surface area contributed by atoms with Crippen LogP contribution in [-0.2, 0) is 14.9 Å². The van der Waals surface area contributed by atoms with Crippen LogP contribution in [0.4, 0.5) is 0 Å². The van der Waals surface area contributed by atoms with Crippen molar-refractivity contribution in [1.29, 1.82) is 0 Å². The van der Waals surface area contributed by atoms with Gasteiger partial charge >= 0.3 is 0 Å². The van der Waals surface area contributed by atoms with E-state index in [1.54, 1.807) is 0 Å². The third-order valence-corrected chi connectivity index (χ3v) is 6.40. The Morgan fingerprint density at radius 1 is 1.07 bits per heavy atom. The maximum Gasteiger partial charge on any atom is 0.253 e. The molecular formula is C22H23Cl2NO3. The highest BCUT2D eigenvalue weighted by Gasteiger charge is 2.42. The molecule has 148 valence electrons. The summed E-state index contributed by atoms with van der Waals surface area (Å²) in [7, 11) is 0. The summed E-state index contributed by atoms with van der Waals surface area (Å²) in [6.07, 6.45) is 2.27. The van der Waals surface area contributed by atoms with E-state index in [4.69, 9.17) is 32.7 Å². The molecule has 2 fully saturated rings. The molecule has 0 saturated carbocycles. The fourth-order valence-electron chi connectivity index (χ4n) is 4.26. The minimum absolute atomic E-state index is 0.0537. The monoisotopic (exact) mass is 419 g/mol. The van der Waals surface area contributed by atoms with Crippen LogP contribution in [0, 0.1) is 0 Å². The van der Waals surface area contributed by atoms with E-state index >= 15 is 0 Å². The number of likely N-dealkylation sites (tertiary alicyclic amines) is 1. The number of nitrogens with zero attached hydrogens (tertiary/aromatic N) is 1. The van der Waals surface area contributed by atoms with Gasteiger partial charge in [-0.15, -0.1) is 0 Å². The van der Waals surface area contributed by atoms with Crippen molar-refractivity contribution in [1.82, 2.24) is 4.90 Å². The molecule has 28 heavy (non-hydrogen) atoms. The molecular weight excluding hydrogens is 397 g/mol. The second-order valence-corrected chi connectivity index (χ2v) is 8.30. The first-order valence-electron chi connectivity index (χ1n) is 9.60. The lowest BCUT2D eigenvalue weighted by molar-refractivity contribution is -0.0682. The minimum Gasteiger partial charge on any atom is -0.350 e. The van der Waals surface area contributed by atoms with E-state index in [1.165, 1.54) is 0 Å². The largest absolute Gasteiger partial charge is 0.350 e. The maximum absolute atomic E-state index is 13.1. The van der Waals surface area contributed by atoms with Crippen LogP contribution in [0.3, 0.4) is 0 Å². The highest BCUT2D eigenvalue weighted by Crippen LogP contribution is 2.41. The molecule has 0 aromatic heterocycles. The summed E-state index contributed by atoms with van der Waals surface area (Å²) in [6, 6.07) is 15.2. The standard InChI is InChI=1S/C22H23Cl2NO3/c23-18-8-7-17(13-19(18)24)22(14-20-27-11-12-28-20)9-4-10-25(15-22)21(26)16-5-2-1-3-6-16/h1-3,5-8,13,20H,4,9-12,14-15H2/t22-/m1/s1. The van der Waals surface area contributed by atoms with Crippen molar-refractivity contribution >= 4 is 29.1 Å². The molecule has 2 saturated heterocycles. The first kappa shape index (κ1) is 19.7. The molecule has 0 N–H and O–H groups in total. The van der Waals surface area contributed by atoms with Gasteiger partial charge in [-0.3, -0.25) is 4.79 Å². The molecule has 0 unspecified atom stereocenters. The van der Waals surface area contributed by atoms with E-state index in [2.05, 4.69) is 0 Å². The Balaban J connectivity index is 1.66. The van der Waals surface area contributed by atoms with Gasteiger partial charge in [0.05, 0.1) is 23.3 Å². The summed E-state index contributed by atoms with van der Waals surface area (Å²) < 4.78 is 11.5. The Morgan fingerprint density at radius 2 is 1.82 bits per heavy atom. The molecule has 1 atom stereocenters. The zero-order valence-electron chi connectivity index (χ0n) is 15.6. The Kier molecular flexibility index (Phi) is 5.93. The number of hydrogen-bond acceptors (Lipinski definition) is 3. The molecule has 0 bridgehead atoms. The smallest absolute Gasteiger partial charge is 0.253 e. The summed E-state index contributed by atoms with van der Waals surface area (Å²) >= 11 is 12.5. The van der Waals surface area contributed by atoms with Gasteiger partial charge in [0.25, 0.3) is 5.91 Å². The van der Waals surface area contributed by atoms with E-state index in [-0.39, 0.29) is 17.6 Å². The third-order valence-electron chi connectivity index (χ3n) is 5.67. The SMILES string of the molecule is O=C(c1ccccc1)N1CCC[C@](CC2OCCO2)(c2ccc(Cl)c(Cl)c2)C1. The Labute approximate surface area is 175 Å². The fraction of sp³-hybridized carbons (Fsp3) is 0.409. The lowest BCUT2D eigenvalue weighted by Gasteiger charge is -2.44. The minimum atomic E-state index is -0.286. The van der Waals surface area contributed by atoms with Gasteiger partial charge in [0.15, 0.2) is 6.29 Å². The number of halogens is 2. The van der Waals surface area contributed by atoms with E-state index in [9.17, 15) is 4.79 Å². The fourth-order valence-corrected chi connectivity index (χ4v) is 4.56. The highest BCUT2D eigenvalue weighted by atomic mass is 35.5. The summed E-state index contributed by atoms with van der Waals surface area (Å²) in [4.78, 5) is 15.0. The molecule has 2 aromatic carbocycles. The van der Waals surface area contributed by atoms with E-state index in [1.807, 2.05) is 53.4 Å². The van der Waals surface area contributed by atoms with Crippen LogP contribution in [-0.4, -0.2) is 43.4 Å². The molecule has 4 rings (SSSR count). The number of benzene rings is 2. The number of ether oxygens (including phenoxy) is 2. The van der Waals surface area contributed by atoms with Gasteiger partial charge in [-0.05, 0) is 42.7 Å². The Hall–Kier alpha value is -1.59. The van der Waals surface area contributed by atoms with E-state index in [0.717, 1.165) is 24.9 Å². The molecule has 2 aliphatic heterocycles. The predicted molar refractivity (Wildman–Crippen MR) is 110 cm³/mol. The van der Waals surface area contributed by atoms with Gasteiger partial charge in [0, 0.05) is 30.5 Å². The predicted octanol–water partition coefficient (Wildman–Crippen LogP) is 4.93. The van der Waals surface area contributed by atoms with E-state index < -0.39 is 0 Å². The number of rotatable bonds is 4. The van der Waals surface area contributed by atoms with Crippen molar-refractivity contribution in [3.63, 3.8) is 0 Å². The lowest BCUT2D eigenvalue weighted by atomic mass is 9.71. The number of hydrogen-bond donors (Lipinski definition) is 0. The summed E-state index contributed by atoms with van der Waals surface area (Å²) in [5.74, 6) is 0.0537. The van der Waals surface area contributed by atoms with Crippen LogP contribution in [0.25, 0.3) is 0 Å². The Bertz CT molecular complexity index is 839. The van der Waals surface area contributed by atoms with Gasteiger partial charge in [-0.2, -0.15) is 0 Å². The second kappa shape index (κ2) is 8.42. The van der Waals surface area contributed by atoms with Crippen molar-refractivity contribution in [2.45, 2.75) is 31.0 Å². The van der Waals surface area contributed by atoms with Gasteiger partial charge in [-0.25, -0.2) is 0 Å². The summed E-state index contributed by atoms with van der Waals surface area (Å²) in [5, 5.41) is 1.06. The van der Waals surface area contributed by atoms with Crippen LogP contribution < -0.4 is 0 Å². The molecule has 4 nitrogen and oxygen atoms in total. The van der Waals surface area contributed by atoms with Crippen molar-refractivity contribution in [3.8, 4) is 0 Å². The average molecular weight is 420 g/mol. The molecule has 2 aromatic rings. The van der Waals surface area contributed by atoms with Crippen molar-refractivity contribution in [2.24, 2.45) is 0 Å². The first-order valence-corrected chi connectivity index (χ1v) is 10.4. The van der Waals surface area contributed by atoms with Crippen LogP contribution >= 0.6 is 23.2 Å². The van der Waals surface area contributed by atoms with Crippen LogP contribution in [0.15, 0.2) is 48.5 Å². The quantitative estimate of drug-likeness (QED) is 0.704. The van der Waals surface area contributed by atoms with Gasteiger partial charge in [0.1, 0.15) is 0 Å². The van der Waals surface area contributed by atoms with Crippen LogP contribution in [0.1, 0.15) is 35.2 Å². The van der Waals surface area contributed by atoms with Crippen molar-refractivity contribution < 1.29 is 14.3 Å². The van der Waals surface area contributed by atoms with Gasteiger partial charge in [-0.1, -0.05) is 47.5 Å². The summed E-state index contributed by atoms with van der Waals surface area (Å²) in [5.41, 5.74) is 1.50. The molecule has 2 heterocycles. The Morgan fingerprint density at radius 3 is 2.54 bits per heavy atom. The van der Waals surface area contributed by atoms with Crippen molar-refractivity contribution in [2.75, 3.05) is 26.3 Å². The number of carbonyl (C=O) groups is 1. The topological polar surface area (TPSA) is 38.8 Å². The zero-order valence-corrected chi connectivity index (χ0v) is 17.1. The normalized spacial score (nSPS) is 23.1. The average Bonchev–Trinajstić information content (AvgIpc) is 3.23. The third kappa shape index (κ3) is 4.06. The zero-order chi connectivity index (χ0) is 19.6. The lowest BCUT2D eigenvalue weighted by Crippen LogP contribution is -2.50. The molecule has 0 spiro atoms. The van der Waals surface area contributed by atoms with Crippen LogP contribution in [0.5, 0.6) is 0 Å². The molecule has 0 aliphatic carbocycles. The number of amides is 1. The molecule has 2 aliphatic rings. The number of piperidine rings is 1. The first-order chi connectivity index (χ1) is 13.6. The van der Waals surface area contributed by atoms with Crippen molar-refractivity contribution in [3.05, 3.63) is 69.7 Å². The second-order valence-electron chi connectivity index (χ2n) is 7.48.